The molecular formula is C37H43F3N6O2. The summed E-state index contributed by atoms with van der Waals surface area (Å²) in [7, 11) is 1.93. The molecule has 3 fully saturated rings. The minimum absolute atomic E-state index is 0.0281. The van der Waals surface area contributed by atoms with Gasteiger partial charge in [0, 0.05) is 49.9 Å². The Balaban J connectivity index is 1.20. The lowest BCUT2D eigenvalue weighted by atomic mass is 9.58. The number of likely N-dealkylation sites (tertiary alicyclic amines) is 2. The molecule has 0 N–H and O–H groups in total. The summed E-state index contributed by atoms with van der Waals surface area (Å²) in [4.78, 5) is 31.8. The van der Waals surface area contributed by atoms with Gasteiger partial charge in [-0.1, -0.05) is 33.4 Å². The predicted molar refractivity (Wildman–Crippen MR) is 176 cm³/mol. The van der Waals surface area contributed by atoms with E-state index in [0.717, 1.165) is 49.2 Å². The quantitative estimate of drug-likeness (QED) is 0.273. The van der Waals surface area contributed by atoms with Crippen molar-refractivity contribution in [1.82, 2.24) is 24.6 Å². The summed E-state index contributed by atoms with van der Waals surface area (Å²) in [6.45, 7) is 12.9. The second-order valence-electron chi connectivity index (χ2n) is 15.1. The van der Waals surface area contributed by atoms with Gasteiger partial charge in [-0.3, -0.25) is 14.5 Å². The van der Waals surface area contributed by atoms with E-state index in [0.29, 0.717) is 43.3 Å². The second kappa shape index (κ2) is 11.6. The fourth-order valence-electron chi connectivity index (χ4n) is 8.82. The summed E-state index contributed by atoms with van der Waals surface area (Å²) in [5.41, 5.74) is 2.08. The van der Waals surface area contributed by atoms with Gasteiger partial charge in [-0.2, -0.15) is 13.2 Å². The first-order valence-corrected chi connectivity index (χ1v) is 16.9. The number of hydrogen-bond donors (Lipinski definition) is 0. The van der Waals surface area contributed by atoms with Gasteiger partial charge in [-0.05, 0) is 96.7 Å². The van der Waals surface area contributed by atoms with Crippen LogP contribution < -0.4 is 4.90 Å². The van der Waals surface area contributed by atoms with Crippen LogP contribution in [0.1, 0.15) is 96.4 Å². The smallest absolute Gasteiger partial charge is 0.339 e. The minimum atomic E-state index is -4.61. The zero-order valence-corrected chi connectivity index (χ0v) is 28.1. The molecule has 0 unspecified atom stereocenters. The highest BCUT2D eigenvalue weighted by Gasteiger charge is 2.49. The Labute approximate surface area is 279 Å². The van der Waals surface area contributed by atoms with E-state index in [9.17, 15) is 22.8 Å². The molecule has 254 valence electrons. The maximum absolute atomic E-state index is 14.7. The Kier molecular flexibility index (Phi) is 7.84. The molecule has 1 aromatic heterocycles. The van der Waals surface area contributed by atoms with Crippen LogP contribution in [0.3, 0.4) is 0 Å². The molecule has 11 heteroatoms. The Morgan fingerprint density at radius 3 is 2.50 bits per heavy atom. The topological polar surface area (TPSA) is 74.6 Å². The molecule has 3 aromatic rings. The largest absolute Gasteiger partial charge is 0.416 e. The fourth-order valence-corrected chi connectivity index (χ4v) is 8.82. The number of alkyl halides is 3. The summed E-state index contributed by atoms with van der Waals surface area (Å²) >= 11 is 0. The fraction of sp³-hybridized carbons (Fsp3) is 0.514. The van der Waals surface area contributed by atoms with Crippen molar-refractivity contribution in [2.75, 3.05) is 31.1 Å². The van der Waals surface area contributed by atoms with Crippen LogP contribution >= 0.6 is 0 Å². The lowest BCUT2D eigenvalue weighted by Gasteiger charge is -2.46. The third kappa shape index (κ3) is 5.44. The van der Waals surface area contributed by atoms with Crippen molar-refractivity contribution in [3.63, 3.8) is 0 Å². The van der Waals surface area contributed by atoms with Gasteiger partial charge in [0.2, 0.25) is 5.91 Å². The highest BCUT2D eigenvalue weighted by Crippen LogP contribution is 2.53. The number of aryl methyl sites for hydroxylation is 1. The Morgan fingerprint density at radius 2 is 1.85 bits per heavy atom. The van der Waals surface area contributed by atoms with Gasteiger partial charge < -0.3 is 14.4 Å². The van der Waals surface area contributed by atoms with Gasteiger partial charge in [0.1, 0.15) is 12.2 Å². The number of rotatable bonds is 7. The lowest BCUT2D eigenvalue weighted by Crippen LogP contribution is -2.43. The lowest BCUT2D eigenvalue weighted by molar-refractivity contribution is -0.138. The van der Waals surface area contributed by atoms with Gasteiger partial charge in [-0.25, -0.2) is 0 Å². The maximum Gasteiger partial charge on any atom is 0.416 e. The first-order valence-electron chi connectivity index (χ1n) is 16.9. The molecule has 8 nitrogen and oxygen atoms in total. The number of benzene rings is 2. The van der Waals surface area contributed by atoms with Crippen LogP contribution in [0.5, 0.6) is 0 Å². The van der Waals surface area contributed by atoms with Crippen molar-refractivity contribution in [2.24, 2.45) is 18.4 Å². The number of fused-ring (bicyclic) bond motifs is 1. The summed E-state index contributed by atoms with van der Waals surface area (Å²) < 4.78 is 45.9. The van der Waals surface area contributed by atoms with E-state index in [1.54, 1.807) is 17.3 Å². The molecule has 3 aliphatic heterocycles. The number of hydrogen-bond acceptors (Lipinski definition) is 5. The van der Waals surface area contributed by atoms with E-state index in [1.165, 1.54) is 17.0 Å². The van der Waals surface area contributed by atoms with E-state index in [2.05, 4.69) is 48.5 Å². The molecule has 0 bridgehead atoms. The van der Waals surface area contributed by atoms with Gasteiger partial charge in [-0.15, -0.1) is 10.2 Å². The average Bonchev–Trinajstić information content (AvgIpc) is 3.82. The molecule has 1 aliphatic carbocycles. The molecule has 2 amide bonds. The van der Waals surface area contributed by atoms with Crippen molar-refractivity contribution in [3.8, 4) is 0 Å². The molecule has 48 heavy (non-hydrogen) atoms. The van der Waals surface area contributed by atoms with Crippen molar-refractivity contribution in [3.05, 3.63) is 88.5 Å². The van der Waals surface area contributed by atoms with E-state index in [-0.39, 0.29) is 40.3 Å². The van der Waals surface area contributed by atoms with E-state index in [4.69, 9.17) is 0 Å². The summed E-state index contributed by atoms with van der Waals surface area (Å²) in [6.07, 6.45) is 1.90. The van der Waals surface area contributed by atoms with E-state index in [1.807, 2.05) is 23.7 Å². The molecule has 7 rings (SSSR count). The summed E-state index contributed by atoms with van der Waals surface area (Å²) in [6, 6.07) is 9.00. The molecular weight excluding hydrogens is 617 g/mol. The van der Waals surface area contributed by atoms with E-state index < -0.39 is 17.6 Å². The minimum Gasteiger partial charge on any atom is -0.339 e. The first-order chi connectivity index (χ1) is 22.7. The maximum atomic E-state index is 14.7. The summed E-state index contributed by atoms with van der Waals surface area (Å²) in [5, 5.41) is 8.63. The molecule has 4 heterocycles. The number of aromatic nitrogens is 3. The van der Waals surface area contributed by atoms with Crippen LogP contribution in [-0.4, -0.2) is 62.6 Å². The Hall–Kier alpha value is -3.99. The second-order valence-corrected chi connectivity index (χ2v) is 15.1. The van der Waals surface area contributed by atoms with Crippen molar-refractivity contribution in [2.45, 2.75) is 77.1 Å². The number of halogens is 3. The molecule has 1 atom stereocenters. The Bertz CT molecular complexity index is 1790. The monoisotopic (exact) mass is 660 g/mol. The Morgan fingerprint density at radius 1 is 1.10 bits per heavy atom. The number of carbonyl (C=O) groups is 2. The zero-order chi connectivity index (χ0) is 34.2. The molecule has 2 aromatic carbocycles. The first kappa shape index (κ1) is 32.6. The molecule has 0 radical (unpaired) electrons. The highest BCUT2D eigenvalue weighted by atomic mass is 19.4. The van der Waals surface area contributed by atoms with E-state index >= 15 is 0 Å². The standard InChI is InChI=1S/C37H43F3N6O2/c1-6-32(47)45-10-8-35(21-45)7-9-44(20-35)18-25-11-29-30(31(12-25)37(38,39)40)19-46(33(29)48)28-14-26(23(2)3)13-27(15-28)36(16-24(4)17-36)34-42-41-22-43(34)5/h6,11-15,22-24H,1,7-10,16-21H2,2-5H3/t24?,35-,36?/m0/s1. The number of amides is 2. The zero-order valence-electron chi connectivity index (χ0n) is 28.1. The third-order valence-electron chi connectivity index (χ3n) is 11.3. The summed E-state index contributed by atoms with van der Waals surface area (Å²) in [5.74, 6) is 0.977. The van der Waals surface area contributed by atoms with Gasteiger partial charge in [0.05, 0.1) is 17.5 Å². The van der Waals surface area contributed by atoms with Crippen molar-refractivity contribution >= 4 is 17.5 Å². The van der Waals surface area contributed by atoms with Gasteiger partial charge >= 0.3 is 6.18 Å². The SMILES string of the molecule is C=CC(=O)N1CC[C@]2(CCN(Cc3cc4c(c(C(F)(F)F)c3)CN(c3cc(C(C)C)cc(C5(c6nncn6C)CC(C)C5)c3)C4=O)C2)C1. The van der Waals surface area contributed by atoms with Crippen LogP contribution in [-0.2, 0) is 36.5 Å². The number of nitrogens with zero attached hydrogens (tertiary/aromatic N) is 6. The number of anilines is 1. The molecule has 2 saturated heterocycles. The van der Waals surface area contributed by atoms with Crippen molar-refractivity contribution in [1.29, 1.82) is 0 Å². The predicted octanol–water partition coefficient (Wildman–Crippen LogP) is 6.44. The van der Waals surface area contributed by atoms with Gasteiger partial charge in [0.25, 0.3) is 5.91 Å². The normalized spacial score (nSPS) is 25.8. The van der Waals surface area contributed by atoms with Crippen LogP contribution in [0.4, 0.5) is 18.9 Å². The van der Waals surface area contributed by atoms with Crippen LogP contribution in [0.15, 0.2) is 49.3 Å². The van der Waals surface area contributed by atoms with Crippen LogP contribution in [0, 0.1) is 11.3 Å². The third-order valence-corrected chi connectivity index (χ3v) is 11.3. The van der Waals surface area contributed by atoms with Crippen LogP contribution in [0.2, 0.25) is 0 Å². The highest BCUT2D eigenvalue weighted by molar-refractivity contribution is 6.10. The molecule has 4 aliphatic rings. The number of carbonyl (C=O) groups excluding carboxylic acids is 2. The van der Waals surface area contributed by atoms with Gasteiger partial charge in [0.15, 0.2) is 0 Å². The van der Waals surface area contributed by atoms with Crippen LogP contribution in [0.25, 0.3) is 0 Å². The molecule has 1 spiro atoms. The average molecular weight is 661 g/mol. The molecule has 1 saturated carbocycles. The van der Waals surface area contributed by atoms with Crippen molar-refractivity contribution < 1.29 is 22.8 Å².